The summed E-state index contributed by atoms with van der Waals surface area (Å²) in [6.07, 6.45) is 84.6. The van der Waals surface area contributed by atoms with Crippen LogP contribution in [0.3, 0.4) is 0 Å². The van der Waals surface area contributed by atoms with Crippen molar-refractivity contribution in [3.63, 3.8) is 0 Å². The Morgan fingerprint density at radius 3 is 0.709 bits per heavy atom. The van der Waals surface area contributed by atoms with Crippen LogP contribution in [0.25, 0.3) is 0 Å². The molecule has 0 aromatic carbocycles. The van der Waals surface area contributed by atoms with Gasteiger partial charge < -0.3 is 14.2 Å². The molecule has 0 aromatic heterocycles. The first-order valence-corrected chi connectivity index (χ1v) is 35.5. The van der Waals surface area contributed by atoms with Crippen LogP contribution in [0.4, 0.5) is 0 Å². The fraction of sp³-hybridized carbons (Fsp3) is 0.877. The highest BCUT2D eigenvalue weighted by atomic mass is 16.6. The average molecular weight is 1110 g/mol. The van der Waals surface area contributed by atoms with Crippen LogP contribution in [0.5, 0.6) is 0 Å². The number of ether oxygens (including phenoxy) is 3. The maximum atomic E-state index is 13.0. The summed E-state index contributed by atoms with van der Waals surface area (Å²) in [6.45, 7) is 6.70. The first kappa shape index (κ1) is 76.6. The summed E-state index contributed by atoms with van der Waals surface area (Å²) in [5.41, 5.74) is 0. The van der Waals surface area contributed by atoms with E-state index in [2.05, 4.69) is 57.2 Å². The Morgan fingerprint density at radius 1 is 0.253 bits per heavy atom. The fourth-order valence-corrected chi connectivity index (χ4v) is 10.8. The van der Waals surface area contributed by atoms with Gasteiger partial charge in [-0.2, -0.15) is 0 Å². The standard InChI is InChI=1S/C73H136O6/c1-4-7-10-13-16-19-22-25-27-29-31-33-35-36-38-39-41-43-45-48-51-54-57-60-63-66-72(75)78-69-70(68-77-71(74)65-62-59-56-53-50-47-24-21-18-15-12-9-6-3)79-73(76)67-64-61-58-55-52-49-46-44-42-40-37-34-32-30-28-26-23-20-17-14-11-8-5-2/h23,26,29-32,70H,4-22,24-25,27-28,33-69H2,1-3H3/b26-23-,31-29-,32-30-. The van der Waals surface area contributed by atoms with Crippen molar-refractivity contribution in [2.75, 3.05) is 13.2 Å². The summed E-state index contributed by atoms with van der Waals surface area (Å²) >= 11 is 0. The third-order valence-corrected chi connectivity index (χ3v) is 16.1. The molecular weight excluding hydrogens is 973 g/mol. The lowest BCUT2D eigenvalue weighted by Gasteiger charge is -2.18. The van der Waals surface area contributed by atoms with Crippen LogP contribution < -0.4 is 0 Å². The van der Waals surface area contributed by atoms with Gasteiger partial charge in [0.25, 0.3) is 0 Å². The Hall–Kier alpha value is -2.37. The monoisotopic (exact) mass is 1110 g/mol. The Kier molecular flexibility index (Phi) is 66.1. The molecule has 464 valence electrons. The van der Waals surface area contributed by atoms with Crippen molar-refractivity contribution in [3.8, 4) is 0 Å². The van der Waals surface area contributed by atoms with Gasteiger partial charge in [-0.1, -0.05) is 333 Å². The van der Waals surface area contributed by atoms with Crippen molar-refractivity contribution in [1.82, 2.24) is 0 Å². The van der Waals surface area contributed by atoms with Crippen LogP contribution in [0, 0.1) is 0 Å². The van der Waals surface area contributed by atoms with E-state index in [0.29, 0.717) is 19.3 Å². The van der Waals surface area contributed by atoms with Gasteiger partial charge in [0.2, 0.25) is 0 Å². The highest BCUT2D eigenvalue weighted by molar-refractivity contribution is 5.71. The molecule has 79 heavy (non-hydrogen) atoms. The highest BCUT2D eigenvalue weighted by Gasteiger charge is 2.19. The largest absolute Gasteiger partial charge is 0.462 e. The number of esters is 3. The van der Waals surface area contributed by atoms with Gasteiger partial charge >= 0.3 is 17.9 Å². The maximum absolute atomic E-state index is 13.0. The zero-order valence-electron chi connectivity index (χ0n) is 53.4. The number of rotatable bonds is 66. The summed E-state index contributed by atoms with van der Waals surface area (Å²) in [7, 11) is 0. The molecule has 1 atom stereocenters. The molecule has 1 unspecified atom stereocenters. The number of hydrogen-bond donors (Lipinski definition) is 0. The van der Waals surface area contributed by atoms with E-state index in [1.807, 2.05) is 0 Å². The van der Waals surface area contributed by atoms with E-state index in [4.69, 9.17) is 14.2 Å². The van der Waals surface area contributed by atoms with Gasteiger partial charge in [-0.15, -0.1) is 0 Å². The molecule has 0 aromatic rings. The van der Waals surface area contributed by atoms with Crippen LogP contribution in [0.15, 0.2) is 36.5 Å². The number of unbranched alkanes of at least 4 members (excludes halogenated alkanes) is 49. The summed E-state index contributed by atoms with van der Waals surface area (Å²) in [6, 6.07) is 0. The molecule has 0 aliphatic rings. The van der Waals surface area contributed by atoms with E-state index >= 15 is 0 Å². The lowest BCUT2D eigenvalue weighted by molar-refractivity contribution is -0.167. The molecule has 6 nitrogen and oxygen atoms in total. The Balaban J connectivity index is 4.24. The smallest absolute Gasteiger partial charge is 0.306 e. The minimum atomic E-state index is -0.771. The molecule has 0 aliphatic carbocycles. The molecule has 0 saturated carbocycles. The number of allylic oxidation sites excluding steroid dienone is 6. The van der Waals surface area contributed by atoms with Gasteiger partial charge in [0.05, 0.1) is 0 Å². The molecule has 6 heteroatoms. The van der Waals surface area contributed by atoms with Crippen molar-refractivity contribution < 1.29 is 28.6 Å². The van der Waals surface area contributed by atoms with Crippen molar-refractivity contribution in [2.45, 2.75) is 399 Å². The minimum absolute atomic E-state index is 0.0676. The van der Waals surface area contributed by atoms with Gasteiger partial charge in [0.1, 0.15) is 13.2 Å². The lowest BCUT2D eigenvalue weighted by atomic mass is 10.0. The molecule has 0 aliphatic heterocycles. The molecule has 0 amide bonds. The van der Waals surface area contributed by atoms with Gasteiger partial charge in [-0.3, -0.25) is 14.4 Å². The summed E-state index contributed by atoms with van der Waals surface area (Å²) < 4.78 is 17.0. The molecule has 0 heterocycles. The highest BCUT2D eigenvalue weighted by Crippen LogP contribution is 2.18. The third-order valence-electron chi connectivity index (χ3n) is 16.1. The Labute approximate surface area is 493 Å². The van der Waals surface area contributed by atoms with Crippen LogP contribution in [0.1, 0.15) is 393 Å². The molecule has 0 saturated heterocycles. The maximum Gasteiger partial charge on any atom is 0.306 e. The average Bonchev–Trinajstić information content (AvgIpc) is 3.45. The summed E-state index contributed by atoms with van der Waals surface area (Å²) in [5, 5.41) is 0. The first-order chi connectivity index (χ1) is 39.0. The second-order valence-electron chi connectivity index (χ2n) is 24.1. The van der Waals surface area contributed by atoms with E-state index in [-0.39, 0.29) is 31.1 Å². The lowest BCUT2D eigenvalue weighted by Crippen LogP contribution is -2.30. The molecule has 0 spiro atoms. The SMILES string of the molecule is CCCCCCC/C=C\C/C=C\CCCCCCCCCCCCCC(=O)OC(COC(=O)CCCCCCCCCCCCCCC)COC(=O)CCCCCCCCCCCCCCC/C=C\CCCCCCCCCC. The predicted octanol–water partition coefficient (Wildman–Crippen LogP) is 24.3. The topological polar surface area (TPSA) is 78.9 Å². The first-order valence-electron chi connectivity index (χ1n) is 35.5. The van der Waals surface area contributed by atoms with Gasteiger partial charge in [-0.05, 0) is 77.0 Å². The van der Waals surface area contributed by atoms with Crippen molar-refractivity contribution in [2.24, 2.45) is 0 Å². The van der Waals surface area contributed by atoms with Crippen LogP contribution >= 0.6 is 0 Å². The quantitative estimate of drug-likeness (QED) is 0.0261. The second-order valence-corrected chi connectivity index (χ2v) is 24.1. The molecule has 0 radical (unpaired) electrons. The van der Waals surface area contributed by atoms with Gasteiger partial charge in [-0.25, -0.2) is 0 Å². The number of hydrogen-bond acceptors (Lipinski definition) is 6. The van der Waals surface area contributed by atoms with E-state index in [0.717, 1.165) is 64.2 Å². The molecular formula is C73H136O6. The zero-order valence-corrected chi connectivity index (χ0v) is 53.4. The minimum Gasteiger partial charge on any atom is -0.462 e. The molecule has 0 N–H and O–H groups in total. The van der Waals surface area contributed by atoms with Crippen LogP contribution in [-0.4, -0.2) is 37.2 Å². The zero-order chi connectivity index (χ0) is 57.1. The van der Waals surface area contributed by atoms with Gasteiger partial charge in [0, 0.05) is 19.3 Å². The number of carbonyl (C=O) groups is 3. The fourth-order valence-electron chi connectivity index (χ4n) is 10.8. The van der Waals surface area contributed by atoms with Crippen molar-refractivity contribution >= 4 is 17.9 Å². The second kappa shape index (κ2) is 68.1. The van der Waals surface area contributed by atoms with E-state index in [1.54, 1.807) is 0 Å². The normalized spacial score (nSPS) is 12.2. The van der Waals surface area contributed by atoms with Crippen LogP contribution in [-0.2, 0) is 28.6 Å². The third kappa shape index (κ3) is 66.3. The predicted molar refractivity (Wildman–Crippen MR) is 344 cm³/mol. The van der Waals surface area contributed by atoms with E-state index < -0.39 is 6.10 Å². The van der Waals surface area contributed by atoms with Crippen molar-refractivity contribution in [3.05, 3.63) is 36.5 Å². The molecule has 0 fully saturated rings. The van der Waals surface area contributed by atoms with Gasteiger partial charge in [0.15, 0.2) is 6.10 Å². The number of carbonyl (C=O) groups excluding carboxylic acids is 3. The molecule has 0 rings (SSSR count). The van der Waals surface area contributed by atoms with E-state index in [9.17, 15) is 14.4 Å². The summed E-state index contributed by atoms with van der Waals surface area (Å²) in [4.78, 5) is 38.4. The van der Waals surface area contributed by atoms with E-state index in [1.165, 1.54) is 289 Å². The Bertz CT molecular complexity index is 1320. The summed E-state index contributed by atoms with van der Waals surface area (Å²) in [5.74, 6) is -0.841. The Morgan fingerprint density at radius 2 is 0.456 bits per heavy atom. The molecule has 0 bridgehead atoms. The van der Waals surface area contributed by atoms with Crippen molar-refractivity contribution in [1.29, 1.82) is 0 Å². The van der Waals surface area contributed by atoms with Crippen LogP contribution in [0.2, 0.25) is 0 Å².